The molecule has 2 aromatic carbocycles. The van der Waals surface area contributed by atoms with Gasteiger partial charge in [0, 0.05) is 5.02 Å². The Morgan fingerprint density at radius 1 is 1.05 bits per heavy atom. The molecule has 1 aromatic heterocycles. The number of nitrogens with zero attached hydrogens (tertiary/aromatic N) is 2. The third-order valence-corrected chi connectivity index (χ3v) is 3.41. The maximum atomic E-state index is 12.2. The van der Waals surface area contributed by atoms with E-state index in [2.05, 4.69) is 15.3 Å². The van der Waals surface area contributed by atoms with Crippen LogP contribution in [0.3, 0.4) is 0 Å². The van der Waals surface area contributed by atoms with Gasteiger partial charge in [0.2, 0.25) is 0 Å². The summed E-state index contributed by atoms with van der Waals surface area (Å²) in [5.41, 5.74) is 2.09. The number of rotatable bonds is 2. The van der Waals surface area contributed by atoms with Crippen molar-refractivity contribution in [1.29, 1.82) is 0 Å². The molecule has 6 heteroatoms. The number of para-hydroxylation sites is 2. The number of hydrogen-bond donors (Lipinski definition) is 1. The van der Waals surface area contributed by atoms with Gasteiger partial charge in [0.1, 0.15) is 5.69 Å². The first-order valence-electron chi connectivity index (χ1n) is 6.12. The van der Waals surface area contributed by atoms with Gasteiger partial charge < -0.3 is 5.32 Å². The maximum Gasteiger partial charge on any atom is 0.275 e. The molecule has 4 nitrogen and oxygen atoms in total. The standard InChI is InChI=1S/C15H9Cl2N3O/c16-9-5-6-11(10(17)7-9)20-15(21)14-8-18-12-3-1-2-4-13(12)19-14/h1-8H,(H,20,21). The van der Waals surface area contributed by atoms with E-state index < -0.39 is 0 Å². The van der Waals surface area contributed by atoms with E-state index >= 15 is 0 Å². The lowest BCUT2D eigenvalue weighted by Gasteiger charge is -2.07. The molecule has 0 bridgehead atoms. The summed E-state index contributed by atoms with van der Waals surface area (Å²) in [5, 5.41) is 3.55. The van der Waals surface area contributed by atoms with Crippen LogP contribution in [0.25, 0.3) is 11.0 Å². The summed E-state index contributed by atoms with van der Waals surface area (Å²) in [5.74, 6) is -0.377. The van der Waals surface area contributed by atoms with E-state index in [1.54, 1.807) is 24.3 Å². The van der Waals surface area contributed by atoms with Crippen LogP contribution in [0.4, 0.5) is 5.69 Å². The third kappa shape index (κ3) is 2.96. The van der Waals surface area contributed by atoms with Crippen molar-refractivity contribution in [3.63, 3.8) is 0 Å². The number of carbonyl (C=O) groups excluding carboxylic acids is 1. The van der Waals surface area contributed by atoms with Gasteiger partial charge in [-0.1, -0.05) is 35.3 Å². The molecule has 3 aromatic rings. The molecule has 0 spiro atoms. The SMILES string of the molecule is O=C(Nc1ccc(Cl)cc1Cl)c1cnc2ccccc2n1. The summed E-state index contributed by atoms with van der Waals surface area (Å²) in [4.78, 5) is 20.7. The normalized spacial score (nSPS) is 10.6. The minimum atomic E-state index is -0.377. The topological polar surface area (TPSA) is 54.9 Å². The minimum absolute atomic E-state index is 0.222. The molecule has 1 N–H and O–H groups in total. The minimum Gasteiger partial charge on any atom is -0.319 e. The highest BCUT2D eigenvalue weighted by molar-refractivity contribution is 6.36. The average Bonchev–Trinajstić information content (AvgIpc) is 2.49. The molecule has 0 aliphatic rings. The van der Waals surface area contributed by atoms with E-state index in [9.17, 15) is 4.79 Å². The zero-order valence-corrected chi connectivity index (χ0v) is 12.2. The number of anilines is 1. The number of fused-ring (bicyclic) bond motifs is 1. The van der Waals surface area contributed by atoms with Gasteiger partial charge in [0.25, 0.3) is 5.91 Å². The largest absolute Gasteiger partial charge is 0.319 e. The highest BCUT2D eigenvalue weighted by Crippen LogP contribution is 2.25. The Balaban J connectivity index is 1.89. The molecule has 1 amide bonds. The van der Waals surface area contributed by atoms with E-state index in [-0.39, 0.29) is 11.6 Å². The Hall–Kier alpha value is -2.17. The van der Waals surface area contributed by atoms with Gasteiger partial charge in [-0.15, -0.1) is 0 Å². The molecule has 0 unspecified atom stereocenters. The molecular formula is C15H9Cl2N3O. The lowest BCUT2D eigenvalue weighted by atomic mass is 10.2. The predicted octanol–water partition coefficient (Wildman–Crippen LogP) is 4.19. The highest BCUT2D eigenvalue weighted by Gasteiger charge is 2.11. The first-order valence-corrected chi connectivity index (χ1v) is 6.87. The maximum absolute atomic E-state index is 12.2. The van der Waals surface area contributed by atoms with Crippen LogP contribution in [0.2, 0.25) is 10.0 Å². The van der Waals surface area contributed by atoms with Gasteiger partial charge in [-0.3, -0.25) is 9.78 Å². The molecule has 1 heterocycles. The second kappa shape index (κ2) is 5.68. The first kappa shape index (κ1) is 13.8. The van der Waals surface area contributed by atoms with Gasteiger partial charge in [-0.05, 0) is 30.3 Å². The van der Waals surface area contributed by atoms with Crippen molar-refractivity contribution in [2.75, 3.05) is 5.32 Å². The zero-order chi connectivity index (χ0) is 14.8. The van der Waals surface area contributed by atoms with Gasteiger partial charge >= 0.3 is 0 Å². The second-order valence-corrected chi connectivity index (χ2v) is 5.17. The fourth-order valence-electron chi connectivity index (χ4n) is 1.84. The first-order chi connectivity index (χ1) is 10.1. The summed E-state index contributed by atoms with van der Waals surface area (Å²) in [7, 11) is 0. The Kier molecular flexibility index (Phi) is 3.73. The summed E-state index contributed by atoms with van der Waals surface area (Å²) < 4.78 is 0. The van der Waals surface area contributed by atoms with Gasteiger partial charge in [-0.2, -0.15) is 0 Å². The van der Waals surface area contributed by atoms with Crippen molar-refractivity contribution in [1.82, 2.24) is 9.97 Å². The quantitative estimate of drug-likeness (QED) is 0.771. The molecule has 21 heavy (non-hydrogen) atoms. The number of hydrogen-bond acceptors (Lipinski definition) is 3. The average molecular weight is 318 g/mol. The monoisotopic (exact) mass is 317 g/mol. The second-order valence-electron chi connectivity index (χ2n) is 4.32. The fraction of sp³-hybridized carbons (Fsp3) is 0. The van der Waals surface area contributed by atoms with Crippen LogP contribution in [-0.2, 0) is 0 Å². The van der Waals surface area contributed by atoms with Crippen LogP contribution in [0.5, 0.6) is 0 Å². The third-order valence-electron chi connectivity index (χ3n) is 2.86. The van der Waals surface area contributed by atoms with Gasteiger partial charge in [-0.25, -0.2) is 4.98 Å². The molecular weight excluding hydrogens is 309 g/mol. The Morgan fingerprint density at radius 3 is 2.57 bits per heavy atom. The van der Waals surface area contributed by atoms with Crippen LogP contribution in [0.15, 0.2) is 48.7 Å². The molecule has 0 saturated carbocycles. The molecule has 0 saturated heterocycles. The molecule has 3 rings (SSSR count). The summed E-state index contributed by atoms with van der Waals surface area (Å²) in [6.07, 6.45) is 1.43. The number of nitrogens with one attached hydrogen (secondary N) is 1. The van der Waals surface area contributed by atoms with Crippen molar-refractivity contribution in [3.8, 4) is 0 Å². The number of carbonyl (C=O) groups is 1. The number of aromatic nitrogens is 2. The summed E-state index contributed by atoms with van der Waals surface area (Å²) in [6.45, 7) is 0. The lowest BCUT2D eigenvalue weighted by molar-refractivity contribution is 0.102. The lowest BCUT2D eigenvalue weighted by Crippen LogP contribution is -2.14. The molecule has 0 atom stereocenters. The number of benzene rings is 2. The van der Waals surface area contributed by atoms with Crippen LogP contribution >= 0.6 is 23.2 Å². The molecule has 104 valence electrons. The molecule has 0 fully saturated rings. The van der Waals surface area contributed by atoms with Crippen molar-refractivity contribution in [2.24, 2.45) is 0 Å². The van der Waals surface area contributed by atoms with Crippen molar-refractivity contribution < 1.29 is 4.79 Å². The van der Waals surface area contributed by atoms with Crippen LogP contribution < -0.4 is 5.32 Å². The summed E-state index contributed by atoms with van der Waals surface area (Å²) in [6, 6.07) is 12.2. The van der Waals surface area contributed by atoms with Gasteiger partial charge in [0.05, 0.1) is 27.9 Å². The summed E-state index contributed by atoms with van der Waals surface area (Å²) >= 11 is 11.8. The van der Waals surface area contributed by atoms with Crippen LogP contribution in [0.1, 0.15) is 10.5 Å². The van der Waals surface area contributed by atoms with E-state index in [4.69, 9.17) is 23.2 Å². The fourth-order valence-corrected chi connectivity index (χ4v) is 2.30. The Morgan fingerprint density at radius 2 is 1.81 bits per heavy atom. The van der Waals surface area contributed by atoms with Crippen LogP contribution in [0, 0.1) is 0 Å². The van der Waals surface area contributed by atoms with E-state index in [0.717, 1.165) is 5.52 Å². The van der Waals surface area contributed by atoms with E-state index in [1.165, 1.54) is 6.20 Å². The van der Waals surface area contributed by atoms with E-state index in [1.807, 2.05) is 18.2 Å². The molecule has 0 aliphatic heterocycles. The van der Waals surface area contributed by atoms with Crippen LogP contribution in [-0.4, -0.2) is 15.9 Å². The predicted molar refractivity (Wildman–Crippen MR) is 84.0 cm³/mol. The molecule has 0 aliphatic carbocycles. The number of amides is 1. The van der Waals surface area contributed by atoms with Gasteiger partial charge in [0.15, 0.2) is 0 Å². The highest BCUT2D eigenvalue weighted by atomic mass is 35.5. The smallest absolute Gasteiger partial charge is 0.275 e. The van der Waals surface area contributed by atoms with Crippen molar-refractivity contribution >= 4 is 45.8 Å². The molecule has 0 radical (unpaired) electrons. The zero-order valence-electron chi connectivity index (χ0n) is 10.7. The van der Waals surface area contributed by atoms with Crippen molar-refractivity contribution in [3.05, 3.63) is 64.4 Å². The van der Waals surface area contributed by atoms with Crippen molar-refractivity contribution in [2.45, 2.75) is 0 Å². The Bertz CT molecular complexity index is 836. The number of halogens is 2. The Labute approximate surface area is 130 Å². The van der Waals surface area contributed by atoms with E-state index in [0.29, 0.717) is 21.2 Å².